The number of ether oxygens (including phenoxy) is 1. The zero-order chi connectivity index (χ0) is 24.9. The van der Waals surface area contributed by atoms with Gasteiger partial charge >= 0.3 is 0 Å². The van der Waals surface area contributed by atoms with Crippen molar-refractivity contribution >= 4 is 27.5 Å². The lowest BCUT2D eigenvalue weighted by Crippen LogP contribution is -2.41. The summed E-state index contributed by atoms with van der Waals surface area (Å²) in [5.41, 5.74) is 7.47. The summed E-state index contributed by atoms with van der Waals surface area (Å²) in [6, 6.07) is 17.3. The average molecular weight is 482 g/mol. The van der Waals surface area contributed by atoms with E-state index in [0.717, 1.165) is 11.1 Å². The second-order valence-electron chi connectivity index (χ2n) is 8.03. The van der Waals surface area contributed by atoms with E-state index in [1.54, 1.807) is 42.5 Å². The molecule has 0 heterocycles. The number of benzene rings is 3. The number of hydrazine groups is 1. The number of carbonyl (C=O) groups is 2. The van der Waals surface area contributed by atoms with E-state index in [1.165, 1.54) is 24.3 Å². The highest BCUT2D eigenvalue weighted by atomic mass is 32.2. The summed E-state index contributed by atoms with van der Waals surface area (Å²) in [7, 11) is -3.76. The highest BCUT2D eigenvalue weighted by molar-refractivity contribution is 7.92. The van der Waals surface area contributed by atoms with Crippen LogP contribution < -0.4 is 20.3 Å². The van der Waals surface area contributed by atoms with Crippen LogP contribution in [0.25, 0.3) is 0 Å². The summed E-state index contributed by atoms with van der Waals surface area (Å²) in [5.74, 6) is -0.386. The van der Waals surface area contributed by atoms with Crippen LogP contribution in [0.1, 0.15) is 45.7 Å². The Labute approximate surface area is 199 Å². The van der Waals surface area contributed by atoms with E-state index in [1.807, 2.05) is 27.7 Å². The second kappa shape index (κ2) is 10.4. The Morgan fingerprint density at radius 1 is 0.765 bits per heavy atom. The third-order valence-corrected chi connectivity index (χ3v) is 6.34. The molecule has 0 fully saturated rings. The topological polar surface area (TPSA) is 114 Å². The van der Waals surface area contributed by atoms with E-state index in [9.17, 15) is 18.0 Å². The van der Waals surface area contributed by atoms with E-state index >= 15 is 0 Å². The molecule has 0 bridgehead atoms. The third-order valence-electron chi connectivity index (χ3n) is 4.97. The molecule has 0 aliphatic rings. The van der Waals surface area contributed by atoms with Gasteiger partial charge in [-0.1, -0.05) is 6.07 Å². The predicted molar refractivity (Wildman–Crippen MR) is 130 cm³/mol. The van der Waals surface area contributed by atoms with Crippen LogP contribution in [-0.4, -0.2) is 26.3 Å². The first-order valence-electron chi connectivity index (χ1n) is 10.6. The van der Waals surface area contributed by atoms with E-state index < -0.39 is 21.8 Å². The van der Waals surface area contributed by atoms with Crippen LogP contribution in [0.2, 0.25) is 0 Å². The van der Waals surface area contributed by atoms with E-state index in [4.69, 9.17) is 4.74 Å². The molecule has 2 amide bonds. The number of hydrogen-bond donors (Lipinski definition) is 3. The predicted octanol–water partition coefficient (Wildman–Crippen LogP) is 3.97. The molecule has 0 atom stereocenters. The van der Waals surface area contributed by atoms with Gasteiger partial charge in [0.15, 0.2) is 0 Å². The fraction of sp³-hybridized carbons (Fsp3) is 0.200. The van der Waals surface area contributed by atoms with Gasteiger partial charge in [0.05, 0.1) is 11.0 Å². The Balaban J connectivity index is 1.58. The van der Waals surface area contributed by atoms with Crippen LogP contribution in [0.15, 0.2) is 71.6 Å². The summed E-state index contributed by atoms with van der Waals surface area (Å²) in [5, 5.41) is 0. The van der Waals surface area contributed by atoms with E-state index in [2.05, 4.69) is 15.6 Å². The number of rotatable bonds is 7. The summed E-state index contributed by atoms with van der Waals surface area (Å²) in [6.07, 6.45) is 0.0208. The molecule has 0 spiro atoms. The van der Waals surface area contributed by atoms with Crippen molar-refractivity contribution in [2.24, 2.45) is 0 Å². The molecule has 0 saturated carbocycles. The minimum absolute atomic E-state index is 0.0208. The van der Waals surface area contributed by atoms with Crippen molar-refractivity contribution in [1.82, 2.24) is 10.9 Å². The van der Waals surface area contributed by atoms with Gasteiger partial charge in [0.1, 0.15) is 5.75 Å². The molecule has 3 aromatic carbocycles. The molecule has 9 heteroatoms. The fourth-order valence-corrected chi connectivity index (χ4v) is 4.14. The fourth-order valence-electron chi connectivity index (χ4n) is 3.00. The van der Waals surface area contributed by atoms with Gasteiger partial charge in [0, 0.05) is 16.8 Å². The number of anilines is 1. The molecule has 0 saturated heterocycles. The molecular weight excluding hydrogens is 454 g/mol. The first-order chi connectivity index (χ1) is 16.0. The number of carbonyl (C=O) groups excluding carboxylic acids is 2. The minimum Gasteiger partial charge on any atom is -0.491 e. The van der Waals surface area contributed by atoms with Crippen molar-refractivity contribution in [3.63, 3.8) is 0 Å². The number of aryl methyl sites for hydroxylation is 2. The summed E-state index contributed by atoms with van der Waals surface area (Å²) >= 11 is 0. The number of sulfonamides is 1. The normalized spacial score (nSPS) is 11.1. The molecule has 0 aliphatic heterocycles. The lowest BCUT2D eigenvalue weighted by atomic mass is 10.1. The SMILES string of the molecule is Cc1ccc(S(=O)(=O)Nc2ccc(C(=O)NNC(=O)c3ccc(OC(C)C)cc3)cc2)cc1C. The maximum atomic E-state index is 12.6. The molecule has 3 N–H and O–H groups in total. The average Bonchev–Trinajstić information content (AvgIpc) is 2.79. The molecule has 0 radical (unpaired) electrons. The van der Waals surface area contributed by atoms with Gasteiger partial charge in [-0.15, -0.1) is 0 Å². The zero-order valence-corrected chi connectivity index (χ0v) is 20.2. The van der Waals surface area contributed by atoms with Crippen molar-refractivity contribution in [1.29, 1.82) is 0 Å². The van der Waals surface area contributed by atoms with Crippen LogP contribution in [0, 0.1) is 13.8 Å². The van der Waals surface area contributed by atoms with Gasteiger partial charge in [-0.3, -0.25) is 25.2 Å². The molecule has 0 unspecified atom stereocenters. The van der Waals surface area contributed by atoms with Gasteiger partial charge in [-0.25, -0.2) is 8.42 Å². The Morgan fingerprint density at radius 3 is 1.79 bits per heavy atom. The van der Waals surface area contributed by atoms with Gasteiger partial charge in [-0.2, -0.15) is 0 Å². The summed E-state index contributed by atoms with van der Waals surface area (Å²) in [6.45, 7) is 7.56. The van der Waals surface area contributed by atoms with Crippen molar-refractivity contribution in [2.45, 2.75) is 38.7 Å². The van der Waals surface area contributed by atoms with Gasteiger partial charge in [-0.05, 0) is 99.5 Å². The van der Waals surface area contributed by atoms with Crippen molar-refractivity contribution < 1.29 is 22.7 Å². The summed E-state index contributed by atoms with van der Waals surface area (Å²) < 4.78 is 33.3. The Kier molecular flexibility index (Phi) is 7.57. The lowest BCUT2D eigenvalue weighted by Gasteiger charge is -2.11. The van der Waals surface area contributed by atoms with E-state index in [0.29, 0.717) is 17.0 Å². The molecule has 34 heavy (non-hydrogen) atoms. The van der Waals surface area contributed by atoms with Gasteiger partial charge < -0.3 is 4.74 Å². The molecule has 0 aromatic heterocycles. The first-order valence-corrected chi connectivity index (χ1v) is 12.1. The monoisotopic (exact) mass is 481 g/mol. The molecule has 0 aliphatic carbocycles. The maximum Gasteiger partial charge on any atom is 0.269 e. The van der Waals surface area contributed by atoms with Crippen molar-refractivity contribution in [3.05, 3.63) is 89.0 Å². The van der Waals surface area contributed by atoms with Crippen LogP contribution >= 0.6 is 0 Å². The van der Waals surface area contributed by atoms with Crippen LogP contribution in [0.4, 0.5) is 5.69 Å². The molecule has 8 nitrogen and oxygen atoms in total. The number of amides is 2. The molecule has 178 valence electrons. The van der Waals surface area contributed by atoms with Crippen LogP contribution in [0.3, 0.4) is 0 Å². The van der Waals surface area contributed by atoms with E-state index in [-0.39, 0.29) is 16.6 Å². The summed E-state index contributed by atoms with van der Waals surface area (Å²) in [4.78, 5) is 24.8. The smallest absolute Gasteiger partial charge is 0.269 e. The Morgan fingerprint density at radius 2 is 1.29 bits per heavy atom. The van der Waals surface area contributed by atoms with Gasteiger partial charge in [0.25, 0.3) is 21.8 Å². The minimum atomic E-state index is -3.76. The lowest BCUT2D eigenvalue weighted by molar-refractivity contribution is 0.0846. The maximum absolute atomic E-state index is 12.6. The third kappa shape index (κ3) is 6.35. The standard InChI is InChI=1S/C25H27N3O5S/c1-16(2)33-22-12-8-20(9-13-22)25(30)27-26-24(29)19-6-10-21(11-7-19)28-34(31,32)23-14-5-17(3)18(4)15-23/h5-16,28H,1-4H3,(H,26,29)(H,27,30). The number of hydrogen-bond acceptors (Lipinski definition) is 5. The van der Waals surface area contributed by atoms with Gasteiger partial charge in [0.2, 0.25) is 0 Å². The molecular formula is C25H27N3O5S. The quantitative estimate of drug-likeness (QED) is 0.442. The second-order valence-corrected chi connectivity index (χ2v) is 9.71. The highest BCUT2D eigenvalue weighted by Gasteiger charge is 2.16. The molecule has 3 aromatic rings. The van der Waals surface area contributed by atoms with Crippen molar-refractivity contribution in [2.75, 3.05) is 4.72 Å². The van der Waals surface area contributed by atoms with Crippen LogP contribution in [0.5, 0.6) is 5.75 Å². The van der Waals surface area contributed by atoms with Crippen LogP contribution in [-0.2, 0) is 10.0 Å². The largest absolute Gasteiger partial charge is 0.491 e. The number of nitrogens with one attached hydrogen (secondary N) is 3. The first kappa shape index (κ1) is 24.8. The van der Waals surface area contributed by atoms with Crippen molar-refractivity contribution in [3.8, 4) is 5.75 Å². The Hall–Kier alpha value is -3.85. The Bertz CT molecular complexity index is 1290. The zero-order valence-electron chi connectivity index (χ0n) is 19.4. The molecule has 3 rings (SSSR count). The highest BCUT2D eigenvalue weighted by Crippen LogP contribution is 2.19.